The molecule has 0 aromatic heterocycles. The summed E-state index contributed by atoms with van der Waals surface area (Å²) in [5.74, 6) is 0.0716. The molecule has 3 rings (SSSR count). The highest BCUT2D eigenvalue weighted by atomic mass is 35.5. The molecule has 0 bridgehead atoms. The number of hydrazone groups is 1. The maximum absolute atomic E-state index is 12.9. The molecule has 0 saturated heterocycles. The largest absolute Gasteiger partial charge is 0.252 e. The summed E-state index contributed by atoms with van der Waals surface area (Å²) in [6, 6.07) is 17.4. The van der Waals surface area contributed by atoms with E-state index in [1.54, 1.807) is 5.01 Å². The highest BCUT2D eigenvalue weighted by Crippen LogP contribution is 2.29. The van der Waals surface area contributed by atoms with Crippen molar-refractivity contribution in [3.8, 4) is 0 Å². The zero-order chi connectivity index (χ0) is 22.4. The van der Waals surface area contributed by atoms with Gasteiger partial charge in [0, 0.05) is 17.5 Å². The fraction of sp³-hybridized carbons (Fsp3) is 0.348. The van der Waals surface area contributed by atoms with Gasteiger partial charge in [-0.3, -0.25) is 9.71 Å². The Morgan fingerprint density at radius 1 is 1.19 bits per heavy atom. The second-order valence-electron chi connectivity index (χ2n) is 7.29. The molecule has 1 aliphatic heterocycles. The van der Waals surface area contributed by atoms with E-state index in [9.17, 15) is 8.42 Å². The topological polar surface area (TPSA) is 74.1 Å². The first-order valence-electron chi connectivity index (χ1n) is 10.3. The van der Waals surface area contributed by atoms with Crippen LogP contribution in [-0.2, 0) is 10.0 Å². The van der Waals surface area contributed by atoms with Crippen LogP contribution in [0.1, 0.15) is 43.7 Å². The highest BCUT2D eigenvalue weighted by molar-refractivity contribution is 7.90. The van der Waals surface area contributed by atoms with E-state index in [1.165, 1.54) is 0 Å². The van der Waals surface area contributed by atoms with Gasteiger partial charge in [0.15, 0.2) is 0 Å². The van der Waals surface area contributed by atoms with E-state index in [1.807, 2.05) is 68.4 Å². The maximum atomic E-state index is 12.9. The first-order chi connectivity index (χ1) is 14.9. The van der Waals surface area contributed by atoms with Crippen molar-refractivity contribution in [3.63, 3.8) is 0 Å². The molecule has 8 heteroatoms. The van der Waals surface area contributed by atoms with Crippen LogP contribution in [0.15, 0.2) is 64.7 Å². The van der Waals surface area contributed by atoms with Crippen molar-refractivity contribution in [2.75, 3.05) is 13.1 Å². The average molecular weight is 459 g/mol. The molecule has 6 nitrogen and oxygen atoms in total. The molecular formula is C23H27ClN4O2S. The fourth-order valence-corrected chi connectivity index (χ4v) is 5.25. The van der Waals surface area contributed by atoms with Crippen molar-refractivity contribution in [2.45, 2.75) is 37.9 Å². The number of hydrogen-bond donors (Lipinski definition) is 1. The van der Waals surface area contributed by atoms with Crippen molar-refractivity contribution in [1.82, 2.24) is 9.73 Å². The lowest BCUT2D eigenvalue weighted by molar-refractivity contribution is 0.460. The second-order valence-corrected chi connectivity index (χ2v) is 9.68. The Labute approximate surface area is 190 Å². The number of benzene rings is 2. The Kier molecular flexibility index (Phi) is 7.73. The third-order valence-electron chi connectivity index (χ3n) is 5.32. The van der Waals surface area contributed by atoms with Gasteiger partial charge < -0.3 is 0 Å². The molecule has 1 unspecified atom stereocenters. The molecule has 1 atom stereocenters. The first kappa shape index (κ1) is 23.3. The molecule has 0 aliphatic carbocycles. The van der Waals surface area contributed by atoms with E-state index in [0.29, 0.717) is 24.4 Å². The molecule has 1 heterocycles. The lowest BCUT2D eigenvalue weighted by Gasteiger charge is -2.22. The van der Waals surface area contributed by atoms with Gasteiger partial charge in [-0.05, 0) is 43.0 Å². The Hall–Kier alpha value is -2.38. The zero-order valence-electron chi connectivity index (χ0n) is 17.7. The molecule has 1 N–H and O–H groups in total. The zero-order valence-corrected chi connectivity index (χ0v) is 19.3. The van der Waals surface area contributed by atoms with Crippen molar-refractivity contribution in [2.24, 2.45) is 10.1 Å². The predicted octanol–water partition coefficient (Wildman–Crippen LogP) is 4.32. The van der Waals surface area contributed by atoms with Gasteiger partial charge in [-0.1, -0.05) is 67.9 Å². The molecular weight excluding hydrogens is 432 g/mol. The van der Waals surface area contributed by atoms with Crippen LogP contribution >= 0.6 is 11.6 Å². The minimum atomic E-state index is -3.62. The van der Waals surface area contributed by atoms with E-state index in [4.69, 9.17) is 23.6 Å². The third kappa shape index (κ3) is 5.46. The summed E-state index contributed by atoms with van der Waals surface area (Å²) in [4.78, 5) is 4.21. The van der Waals surface area contributed by atoms with E-state index in [0.717, 1.165) is 16.8 Å². The Morgan fingerprint density at radius 3 is 2.42 bits per heavy atom. The van der Waals surface area contributed by atoms with Crippen LogP contribution < -0.4 is 4.72 Å². The molecule has 0 spiro atoms. The standard InChI is InChI=1S/C23H27ClN4O2S/c1-4-20(5-2)31(29,30)27-23(25-6-3)28-16-21(17-10-8-7-9-11-17)22(26-28)18-12-14-19(24)15-13-18/h3,7-15,20-21H,4-6,16H2,1-2H3,(H,25,27). The molecule has 31 heavy (non-hydrogen) atoms. The van der Waals surface area contributed by atoms with Crippen LogP contribution in [0, 0.1) is 6.92 Å². The molecule has 2 aromatic carbocycles. The Bertz CT molecular complexity index is 1030. The molecule has 2 radical (unpaired) electrons. The highest BCUT2D eigenvalue weighted by Gasteiger charge is 2.33. The summed E-state index contributed by atoms with van der Waals surface area (Å²) in [5, 5.41) is 6.47. The summed E-state index contributed by atoms with van der Waals surface area (Å²) < 4.78 is 28.3. The smallest absolute Gasteiger partial charge is 0.237 e. The van der Waals surface area contributed by atoms with Crippen LogP contribution in [0.5, 0.6) is 0 Å². The SMILES string of the molecule is [CH]CN=C(NS(=O)(=O)C(CC)CC)N1CC(c2ccccc2)C(c2ccc(Cl)cc2)=N1. The van der Waals surface area contributed by atoms with Crippen molar-refractivity contribution in [1.29, 1.82) is 0 Å². The van der Waals surface area contributed by atoms with Gasteiger partial charge in [0.25, 0.3) is 0 Å². The summed E-state index contributed by atoms with van der Waals surface area (Å²) in [6.45, 7) is 9.74. The summed E-state index contributed by atoms with van der Waals surface area (Å²) in [5.41, 5.74) is 2.80. The van der Waals surface area contributed by atoms with Gasteiger partial charge in [-0.15, -0.1) is 0 Å². The fourth-order valence-electron chi connectivity index (χ4n) is 3.65. The number of halogens is 1. The Morgan fingerprint density at radius 2 is 1.84 bits per heavy atom. The van der Waals surface area contributed by atoms with Gasteiger partial charge in [0.1, 0.15) is 0 Å². The van der Waals surface area contributed by atoms with Crippen molar-refractivity contribution >= 4 is 33.3 Å². The van der Waals surface area contributed by atoms with Crippen molar-refractivity contribution in [3.05, 3.63) is 77.7 Å². The van der Waals surface area contributed by atoms with E-state index < -0.39 is 15.3 Å². The van der Waals surface area contributed by atoms with E-state index >= 15 is 0 Å². The Balaban J connectivity index is 1.99. The minimum Gasteiger partial charge on any atom is -0.252 e. The molecule has 2 aromatic rings. The lowest BCUT2D eigenvalue weighted by atomic mass is 9.91. The quantitative estimate of drug-likeness (QED) is 0.496. The van der Waals surface area contributed by atoms with Crippen molar-refractivity contribution < 1.29 is 8.42 Å². The van der Waals surface area contributed by atoms with Gasteiger partial charge >= 0.3 is 0 Å². The summed E-state index contributed by atoms with van der Waals surface area (Å²) in [6.07, 6.45) is 1.02. The minimum absolute atomic E-state index is 0.0565. The average Bonchev–Trinajstić information content (AvgIpc) is 3.20. The van der Waals surface area contributed by atoms with E-state index in [-0.39, 0.29) is 18.4 Å². The third-order valence-corrected chi connectivity index (χ3v) is 7.59. The number of nitrogens with one attached hydrogen (secondary N) is 1. The molecule has 164 valence electrons. The van der Waals surface area contributed by atoms with E-state index in [2.05, 4.69) is 9.71 Å². The normalized spacial score (nSPS) is 17.2. The monoisotopic (exact) mass is 458 g/mol. The number of aliphatic imine (C=N–C) groups is 1. The number of guanidine groups is 1. The van der Waals surface area contributed by atoms with Crippen LogP contribution in [-0.4, -0.2) is 43.4 Å². The predicted molar refractivity (Wildman–Crippen MR) is 127 cm³/mol. The first-order valence-corrected chi connectivity index (χ1v) is 12.2. The maximum Gasteiger partial charge on any atom is 0.237 e. The van der Waals surface area contributed by atoms with Gasteiger partial charge in [0.2, 0.25) is 16.0 Å². The van der Waals surface area contributed by atoms with Crippen LogP contribution in [0.3, 0.4) is 0 Å². The lowest BCUT2D eigenvalue weighted by Crippen LogP contribution is -2.45. The molecule has 0 amide bonds. The second kappa shape index (κ2) is 10.3. The molecule has 1 aliphatic rings. The summed E-state index contributed by atoms with van der Waals surface area (Å²) >= 11 is 6.06. The van der Waals surface area contributed by atoms with Crippen LogP contribution in [0.2, 0.25) is 5.02 Å². The number of nitrogens with zero attached hydrogens (tertiary/aromatic N) is 3. The van der Waals surface area contributed by atoms with Gasteiger partial charge in [-0.2, -0.15) is 5.10 Å². The van der Waals surface area contributed by atoms with Crippen LogP contribution in [0.4, 0.5) is 0 Å². The van der Waals surface area contributed by atoms with Crippen LogP contribution in [0.25, 0.3) is 0 Å². The molecule has 0 fully saturated rings. The number of hydrogen-bond acceptors (Lipinski definition) is 4. The van der Waals surface area contributed by atoms with Gasteiger partial charge in [0.05, 0.1) is 17.5 Å². The number of rotatable bonds is 7. The molecule has 0 saturated carbocycles. The van der Waals surface area contributed by atoms with Gasteiger partial charge in [-0.25, -0.2) is 13.4 Å². The summed E-state index contributed by atoms with van der Waals surface area (Å²) in [7, 11) is -3.62. The number of sulfonamides is 1.